The molecule has 0 radical (unpaired) electrons. The number of ether oxygens (including phenoxy) is 1. The summed E-state index contributed by atoms with van der Waals surface area (Å²) >= 11 is 7.90. The van der Waals surface area contributed by atoms with Gasteiger partial charge in [0.05, 0.1) is 12.9 Å². The fourth-order valence-electron chi connectivity index (χ4n) is 2.97. The summed E-state index contributed by atoms with van der Waals surface area (Å²) in [7, 11) is -15.2. The maximum absolute atomic E-state index is 12.7. The quantitative estimate of drug-likeness (QED) is 0.0980. The Morgan fingerprint density at radius 3 is 2.29 bits per heavy atom. The molecule has 1 saturated heterocycles. The first kappa shape index (κ1) is 28.5. The highest BCUT2D eigenvalue weighted by atomic mass is 33.7. The number of fused-ring (bicyclic) bond motifs is 1. The van der Waals surface area contributed by atoms with Gasteiger partial charge in [-0.1, -0.05) is 23.3 Å². The van der Waals surface area contributed by atoms with Crippen LogP contribution in [-0.2, 0) is 27.1 Å². The largest absolute Gasteiger partial charge is 0.489 e. The molecule has 1 aromatic rings. The van der Waals surface area contributed by atoms with E-state index in [1.54, 1.807) is 0 Å². The third-order valence-electron chi connectivity index (χ3n) is 4.44. The Bertz CT molecular complexity index is 1110. The molecule has 18 nitrogen and oxygen atoms in total. The van der Waals surface area contributed by atoms with Gasteiger partial charge in [-0.25, -0.2) is 23.7 Å². The number of thiol groups is 2. The number of aliphatic imine (C=N–C) groups is 1. The molecule has 1 aromatic heterocycles. The Kier molecular flexibility index (Phi) is 8.14. The van der Waals surface area contributed by atoms with Crippen molar-refractivity contribution >= 4 is 65.8 Å². The van der Waals surface area contributed by atoms with Crippen LogP contribution in [-0.4, -0.2) is 80.0 Å². The number of hydrogen-bond acceptors (Lipinski definition) is 15. The summed E-state index contributed by atoms with van der Waals surface area (Å²) in [5, 5.41) is 29.4. The maximum Gasteiger partial charge on any atom is 0.489 e. The van der Waals surface area contributed by atoms with Crippen LogP contribution in [0.15, 0.2) is 11.3 Å². The second-order valence-corrected chi connectivity index (χ2v) is 21.0. The van der Waals surface area contributed by atoms with Gasteiger partial charge in [-0.3, -0.25) is 8.87 Å². The fraction of sp³-hybridized carbons (Fsp3) is 0.600. The summed E-state index contributed by atoms with van der Waals surface area (Å²) in [5.74, 6) is -0.0122. The highest BCUT2D eigenvalue weighted by molar-refractivity contribution is 9.35. The van der Waals surface area contributed by atoms with Crippen LogP contribution < -0.4 is 5.73 Å². The van der Waals surface area contributed by atoms with Gasteiger partial charge in [0.25, 0.3) is 0 Å². The third-order valence-corrected chi connectivity index (χ3v) is 17.1. The Labute approximate surface area is 201 Å². The summed E-state index contributed by atoms with van der Waals surface area (Å²) in [6.07, 6.45) is -4.64. The highest BCUT2D eigenvalue weighted by Crippen LogP contribution is 2.91. The lowest BCUT2D eigenvalue weighted by atomic mass is 10.1. The topological polar surface area (TPSA) is 280 Å². The van der Waals surface area contributed by atoms with Crippen LogP contribution in [0.5, 0.6) is 0 Å². The number of aliphatic hydroxyl groups is 3. The van der Waals surface area contributed by atoms with Crippen molar-refractivity contribution in [3.8, 4) is 0 Å². The van der Waals surface area contributed by atoms with Gasteiger partial charge in [0.15, 0.2) is 12.0 Å². The zero-order valence-electron chi connectivity index (χ0n) is 16.3. The van der Waals surface area contributed by atoms with Crippen LogP contribution >= 0.6 is 53.7 Å². The normalized spacial score (nSPS) is 31.7. The van der Waals surface area contributed by atoms with E-state index in [1.165, 1.54) is 4.57 Å². The molecular weight excluding hydrogens is 587 g/mol. The minimum Gasteiger partial charge on any atom is -0.394 e. The lowest BCUT2D eigenvalue weighted by Crippen LogP contribution is -2.35. The van der Waals surface area contributed by atoms with Crippen LogP contribution in [0.4, 0.5) is 5.82 Å². The van der Waals surface area contributed by atoms with E-state index in [-0.39, 0.29) is 11.5 Å². The van der Waals surface area contributed by atoms with E-state index in [4.69, 9.17) is 20.3 Å². The SMILES string of the molecule is NC1c2ncn([C@@H]3O[C@H](CO)C(O)C3O)c2N=CN1S(S)(S)P(=O)(O)OP(=O)(O)OP(=O)(O)O. The standard InChI is InChI=1S/C10H20N5O13P3S3/c11-8-5-9(14(2-12-5)10-7(18)6(17)4(1-16)26-10)13-3-15(8)34(32,33)31(24,25)28-30(22,23)27-29(19,20)21/h2-4,6-8,10,16-18,32-33H,1,11H2,(H,22,23)(H,24,25)(H2,19,20,21)/t4-,6?,7?,8?,10-/m1/s1. The molecule has 9 N–H and O–H groups in total. The van der Waals surface area contributed by atoms with Crippen LogP contribution in [0.25, 0.3) is 0 Å². The predicted molar refractivity (Wildman–Crippen MR) is 122 cm³/mol. The second-order valence-electron chi connectivity index (χ2n) is 6.72. The number of aromatic nitrogens is 2. The van der Waals surface area contributed by atoms with Crippen molar-refractivity contribution in [2.75, 3.05) is 6.61 Å². The molecule has 0 aromatic carbocycles. The minimum atomic E-state index is -5.77. The first-order valence-corrected chi connectivity index (χ1v) is 17.5. The van der Waals surface area contributed by atoms with Gasteiger partial charge in [0, 0.05) is 7.90 Å². The van der Waals surface area contributed by atoms with Crippen LogP contribution in [0.3, 0.4) is 0 Å². The van der Waals surface area contributed by atoms with Crippen molar-refractivity contribution in [2.45, 2.75) is 30.7 Å². The molecule has 7 atom stereocenters. The van der Waals surface area contributed by atoms with Crippen molar-refractivity contribution < 1.29 is 61.9 Å². The Balaban J connectivity index is 1.88. The summed E-state index contributed by atoms with van der Waals surface area (Å²) in [4.78, 5) is 45.0. The molecular formula is C10H20N5O13P3S3. The zero-order chi connectivity index (χ0) is 25.9. The van der Waals surface area contributed by atoms with Crippen molar-refractivity contribution in [1.29, 1.82) is 0 Å². The molecule has 2 aliphatic heterocycles. The van der Waals surface area contributed by atoms with E-state index in [0.717, 1.165) is 17.0 Å². The highest BCUT2D eigenvalue weighted by Gasteiger charge is 2.53. The number of aliphatic hydroxyl groups excluding tert-OH is 3. The third kappa shape index (κ3) is 5.46. The van der Waals surface area contributed by atoms with Gasteiger partial charge in [-0.2, -0.15) is 8.62 Å². The monoisotopic (exact) mass is 607 g/mol. The van der Waals surface area contributed by atoms with Gasteiger partial charge in [0.1, 0.15) is 36.5 Å². The number of imidazole rings is 1. The number of rotatable bonds is 8. The van der Waals surface area contributed by atoms with Crippen LogP contribution in [0.1, 0.15) is 18.1 Å². The minimum absolute atomic E-state index is 0.0122. The molecule has 0 bridgehead atoms. The number of phosphoric acid groups is 2. The summed E-state index contributed by atoms with van der Waals surface area (Å²) < 4.78 is 50.3. The molecule has 1 fully saturated rings. The Morgan fingerprint density at radius 2 is 1.76 bits per heavy atom. The van der Waals surface area contributed by atoms with E-state index in [9.17, 15) is 38.8 Å². The van der Waals surface area contributed by atoms with E-state index in [1.807, 2.05) is 0 Å². The summed E-state index contributed by atoms with van der Waals surface area (Å²) in [6.45, 7) is -6.02. The van der Waals surface area contributed by atoms with Gasteiger partial charge >= 0.3 is 22.4 Å². The molecule has 5 unspecified atom stereocenters. The number of nitrogens with zero attached hydrogens (tertiary/aromatic N) is 4. The van der Waals surface area contributed by atoms with Crippen molar-refractivity contribution in [3.63, 3.8) is 0 Å². The molecule has 0 amide bonds. The molecule has 2 aliphatic rings. The molecule has 3 rings (SSSR count). The van der Waals surface area contributed by atoms with Crippen molar-refractivity contribution in [3.05, 3.63) is 12.0 Å². The average Bonchev–Trinajstić information content (AvgIpc) is 3.21. The summed E-state index contributed by atoms with van der Waals surface area (Å²) in [5.41, 5.74) is 6.01. The maximum atomic E-state index is 12.7. The lowest BCUT2D eigenvalue weighted by molar-refractivity contribution is -0.0520. The number of nitrogens with two attached hydrogens (primary N) is 1. The van der Waals surface area contributed by atoms with Crippen LogP contribution in [0.2, 0.25) is 0 Å². The average molecular weight is 607 g/mol. The molecule has 34 heavy (non-hydrogen) atoms. The van der Waals surface area contributed by atoms with E-state index in [2.05, 4.69) is 41.9 Å². The Morgan fingerprint density at radius 1 is 1.15 bits per heavy atom. The molecule has 3 heterocycles. The zero-order valence-corrected chi connectivity index (χ0v) is 21.6. The first-order valence-electron chi connectivity index (χ1n) is 8.61. The number of hydrogen-bond donors (Lipinski definition) is 10. The molecule has 0 aliphatic carbocycles. The van der Waals surface area contributed by atoms with Crippen molar-refractivity contribution in [2.24, 2.45) is 10.7 Å². The molecule has 24 heteroatoms. The van der Waals surface area contributed by atoms with Crippen molar-refractivity contribution in [1.82, 2.24) is 13.9 Å². The smallest absolute Gasteiger partial charge is 0.394 e. The second kappa shape index (κ2) is 9.70. The Hall–Kier alpha value is -0.0200. The lowest BCUT2D eigenvalue weighted by Gasteiger charge is -2.44. The molecule has 0 saturated carbocycles. The first-order chi connectivity index (χ1) is 15.4. The van der Waals surface area contributed by atoms with Gasteiger partial charge in [-0.15, -0.1) is 0 Å². The van der Waals surface area contributed by atoms with Gasteiger partial charge < -0.3 is 45.4 Å². The van der Waals surface area contributed by atoms with Crippen LogP contribution in [0, 0.1) is 0 Å². The molecule has 0 spiro atoms. The van der Waals surface area contributed by atoms with E-state index < -0.39 is 67.7 Å². The van der Waals surface area contributed by atoms with E-state index in [0.29, 0.717) is 0 Å². The van der Waals surface area contributed by atoms with Gasteiger partial charge in [-0.05, 0) is 0 Å². The predicted octanol–water partition coefficient (Wildman–Crippen LogP) is -0.837. The van der Waals surface area contributed by atoms with E-state index >= 15 is 0 Å². The summed E-state index contributed by atoms with van der Waals surface area (Å²) in [6, 6.07) is 0. The van der Waals surface area contributed by atoms with Gasteiger partial charge in [0.2, 0.25) is 0 Å². The fourth-order valence-corrected chi connectivity index (χ4v) is 11.8. The molecule has 196 valence electrons.